The lowest BCUT2D eigenvalue weighted by molar-refractivity contribution is -0.119. The molecule has 0 bridgehead atoms. The number of nitrogens with two attached hydrogens (primary N) is 1. The normalized spacial score (nSPS) is 19.4. The molecule has 2 N–H and O–H groups in total. The summed E-state index contributed by atoms with van der Waals surface area (Å²) in [5, 5.41) is 0.564. The van der Waals surface area contributed by atoms with Crippen LogP contribution in [0.5, 0.6) is 0 Å². The highest BCUT2D eigenvalue weighted by Gasteiger charge is 2.17. The number of thioether (sulfide) groups is 1. The van der Waals surface area contributed by atoms with Gasteiger partial charge in [0.25, 0.3) is 0 Å². The number of ether oxygens (including phenoxy) is 1. The summed E-state index contributed by atoms with van der Waals surface area (Å²) in [4.78, 5) is 12.3. The molecule has 1 saturated heterocycles. The van der Waals surface area contributed by atoms with Crippen molar-refractivity contribution in [2.75, 3.05) is 13.2 Å². The lowest BCUT2D eigenvalue weighted by atomic mass is 10.0. The average Bonchev–Trinajstić information content (AvgIpc) is 2.94. The Balaban J connectivity index is 0.000000861. The minimum absolute atomic E-state index is 0.219. The largest absolute Gasteiger partial charge is 0.380 e. The van der Waals surface area contributed by atoms with Gasteiger partial charge in [-0.1, -0.05) is 26.0 Å². The summed E-state index contributed by atoms with van der Waals surface area (Å²) < 4.78 is 5.34. The van der Waals surface area contributed by atoms with Crippen molar-refractivity contribution in [1.82, 2.24) is 0 Å². The lowest BCUT2D eigenvalue weighted by Crippen LogP contribution is -2.18. The molecule has 2 unspecified atom stereocenters. The van der Waals surface area contributed by atoms with Crippen LogP contribution in [0.1, 0.15) is 38.7 Å². The van der Waals surface area contributed by atoms with Crippen molar-refractivity contribution in [3.63, 3.8) is 0 Å². The van der Waals surface area contributed by atoms with E-state index in [4.69, 9.17) is 10.5 Å². The Morgan fingerprint density at radius 3 is 2.47 bits per heavy atom. The molecule has 0 spiro atoms. The Labute approximate surface area is 119 Å². The predicted octanol–water partition coefficient (Wildman–Crippen LogP) is 3.18. The number of benzene rings is 1. The van der Waals surface area contributed by atoms with Gasteiger partial charge in [0.1, 0.15) is 0 Å². The second kappa shape index (κ2) is 8.23. The van der Waals surface area contributed by atoms with E-state index in [0.29, 0.717) is 5.25 Å². The monoisotopic (exact) mass is 281 g/mol. The lowest BCUT2D eigenvalue weighted by Gasteiger charge is -2.10. The van der Waals surface area contributed by atoms with Crippen LogP contribution >= 0.6 is 11.8 Å². The highest BCUT2D eigenvalue weighted by Crippen LogP contribution is 2.29. The fourth-order valence-electron chi connectivity index (χ4n) is 1.80. The molecule has 0 aliphatic carbocycles. The molecule has 1 aliphatic rings. The second-order valence-corrected chi connectivity index (χ2v) is 5.67. The Hall–Kier alpha value is -1.00. The molecule has 1 aliphatic heterocycles. The topological polar surface area (TPSA) is 52.3 Å². The highest BCUT2D eigenvalue weighted by atomic mass is 32.2. The van der Waals surface area contributed by atoms with Crippen LogP contribution in [0, 0.1) is 0 Å². The zero-order chi connectivity index (χ0) is 14.3. The molecule has 19 heavy (non-hydrogen) atoms. The molecule has 0 saturated carbocycles. The first kappa shape index (κ1) is 16.1. The first-order valence-corrected chi connectivity index (χ1v) is 7.68. The fraction of sp³-hybridized carbons (Fsp3) is 0.533. The molecule has 0 radical (unpaired) electrons. The molecule has 4 heteroatoms. The summed E-state index contributed by atoms with van der Waals surface area (Å²) in [5.74, 6) is -0.501. The third kappa shape index (κ3) is 4.88. The summed E-state index contributed by atoms with van der Waals surface area (Å²) in [7, 11) is 0. The van der Waals surface area contributed by atoms with E-state index in [-0.39, 0.29) is 11.8 Å². The smallest absolute Gasteiger partial charge is 0.224 e. The first-order chi connectivity index (χ1) is 9.16. The van der Waals surface area contributed by atoms with Crippen LogP contribution in [0.25, 0.3) is 0 Å². The van der Waals surface area contributed by atoms with Crippen molar-refractivity contribution in [1.29, 1.82) is 0 Å². The molecule has 1 aromatic rings. The van der Waals surface area contributed by atoms with Gasteiger partial charge in [0.05, 0.1) is 12.5 Å². The first-order valence-electron chi connectivity index (χ1n) is 6.80. The minimum Gasteiger partial charge on any atom is -0.380 e. The molecule has 2 rings (SSSR count). The molecule has 1 fully saturated rings. The second-order valence-electron chi connectivity index (χ2n) is 4.30. The summed E-state index contributed by atoms with van der Waals surface area (Å²) in [6.07, 6.45) is 1.12. The van der Waals surface area contributed by atoms with Crippen LogP contribution in [0.15, 0.2) is 29.2 Å². The molecule has 1 aromatic carbocycles. The predicted molar refractivity (Wildman–Crippen MR) is 80.5 cm³/mol. The van der Waals surface area contributed by atoms with Crippen LogP contribution in [0.2, 0.25) is 0 Å². The van der Waals surface area contributed by atoms with Gasteiger partial charge in [-0.3, -0.25) is 4.79 Å². The van der Waals surface area contributed by atoms with E-state index in [9.17, 15) is 4.79 Å². The van der Waals surface area contributed by atoms with Crippen LogP contribution in [0.4, 0.5) is 0 Å². The van der Waals surface area contributed by atoms with Crippen molar-refractivity contribution in [2.24, 2.45) is 5.73 Å². The van der Waals surface area contributed by atoms with Gasteiger partial charge >= 0.3 is 0 Å². The van der Waals surface area contributed by atoms with Crippen molar-refractivity contribution in [3.8, 4) is 0 Å². The minimum atomic E-state index is -0.283. The number of carbonyl (C=O) groups is 1. The number of carbonyl (C=O) groups excluding carboxylic acids is 1. The van der Waals surface area contributed by atoms with Gasteiger partial charge in [0.15, 0.2) is 0 Å². The van der Waals surface area contributed by atoms with Gasteiger partial charge in [-0.2, -0.15) is 0 Å². The average molecular weight is 281 g/mol. The third-order valence-corrected chi connectivity index (χ3v) is 4.25. The summed E-state index contributed by atoms with van der Waals surface area (Å²) in [5.41, 5.74) is 6.25. The number of amides is 1. The standard InChI is InChI=1S/C13H17NO2S.C2H6/c1-9(13(14)15)10-2-4-11(5-3-10)17-12-6-7-16-8-12;1-2/h2-5,9,12H,6-8H2,1H3,(H2,14,15);1-2H3. The van der Waals surface area contributed by atoms with Gasteiger partial charge in [-0.05, 0) is 31.0 Å². The van der Waals surface area contributed by atoms with Gasteiger partial charge in [-0.25, -0.2) is 0 Å². The molecule has 1 amide bonds. The maximum atomic E-state index is 11.1. The van der Waals surface area contributed by atoms with E-state index in [1.54, 1.807) is 0 Å². The van der Waals surface area contributed by atoms with E-state index in [0.717, 1.165) is 25.2 Å². The molecule has 3 nitrogen and oxygen atoms in total. The highest BCUT2D eigenvalue weighted by molar-refractivity contribution is 8.00. The number of rotatable bonds is 4. The number of hydrogen-bond acceptors (Lipinski definition) is 3. The van der Waals surface area contributed by atoms with Crippen molar-refractivity contribution < 1.29 is 9.53 Å². The number of hydrogen-bond donors (Lipinski definition) is 1. The van der Waals surface area contributed by atoms with Gasteiger partial charge in [0.2, 0.25) is 5.91 Å². The molecular weight excluding hydrogens is 258 g/mol. The Bertz CT molecular complexity index is 386. The SMILES string of the molecule is CC.CC(C(N)=O)c1ccc(SC2CCOC2)cc1. The van der Waals surface area contributed by atoms with Crippen molar-refractivity contribution >= 4 is 17.7 Å². The van der Waals surface area contributed by atoms with E-state index in [1.807, 2.05) is 44.7 Å². The zero-order valence-corrected chi connectivity index (χ0v) is 12.7. The molecule has 106 valence electrons. The van der Waals surface area contributed by atoms with Gasteiger partial charge in [-0.15, -0.1) is 11.8 Å². The van der Waals surface area contributed by atoms with E-state index >= 15 is 0 Å². The summed E-state index contributed by atoms with van der Waals surface area (Å²) >= 11 is 1.84. The van der Waals surface area contributed by atoms with Crippen molar-refractivity contribution in [2.45, 2.75) is 43.3 Å². The van der Waals surface area contributed by atoms with E-state index in [1.165, 1.54) is 4.90 Å². The Morgan fingerprint density at radius 1 is 1.37 bits per heavy atom. The Kier molecular flexibility index (Phi) is 6.95. The quantitative estimate of drug-likeness (QED) is 0.922. The zero-order valence-electron chi connectivity index (χ0n) is 11.9. The van der Waals surface area contributed by atoms with Gasteiger partial charge < -0.3 is 10.5 Å². The third-order valence-electron chi connectivity index (χ3n) is 3.00. The van der Waals surface area contributed by atoms with Gasteiger partial charge in [0, 0.05) is 16.8 Å². The van der Waals surface area contributed by atoms with Crippen LogP contribution in [-0.4, -0.2) is 24.4 Å². The van der Waals surface area contributed by atoms with Crippen LogP contribution in [0.3, 0.4) is 0 Å². The molecule has 2 atom stereocenters. The van der Waals surface area contributed by atoms with Crippen LogP contribution in [-0.2, 0) is 9.53 Å². The van der Waals surface area contributed by atoms with Crippen molar-refractivity contribution in [3.05, 3.63) is 29.8 Å². The Morgan fingerprint density at radius 2 is 2.00 bits per heavy atom. The van der Waals surface area contributed by atoms with Crippen LogP contribution < -0.4 is 5.73 Å². The maximum absolute atomic E-state index is 11.1. The molecule has 1 heterocycles. The number of primary amides is 1. The van der Waals surface area contributed by atoms with E-state index < -0.39 is 0 Å². The molecule has 0 aromatic heterocycles. The fourth-order valence-corrected chi connectivity index (χ4v) is 2.85. The molecular formula is C15H23NO2S. The maximum Gasteiger partial charge on any atom is 0.224 e. The summed E-state index contributed by atoms with van der Waals surface area (Å²) in [6, 6.07) is 8.07. The summed E-state index contributed by atoms with van der Waals surface area (Å²) in [6.45, 7) is 7.54. The van der Waals surface area contributed by atoms with E-state index in [2.05, 4.69) is 12.1 Å².